The first-order chi connectivity index (χ1) is 10.1. The van der Waals surface area contributed by atoms with E-state index in [0.29, 0.717) is 23.7 Å². The summed E-state index contributed by atoms with van der Waals surface area (Å²) in [6, 6.07) is 8.59. The fourth-order valence-corrected chi connectivity index (χ4v) is 2.69. The number of nitrogens with one attached hydrogen (secondary N) is 1. The van der Waals surface area contributed by atoms with Gasteiger partial charge in [-0.1, -0.05) is 19.0 Å². The van der Waals surface area contributed by atoms with Crippen LogP contribution in [0.15, 0.2) is 33.7 Å². The van der Waals surface area contributed by atoms with Crippen LogP contribution in [0.1, 0.15) is 26.2 Å². The first kappa shape index (κ1) is 16.0. The molecule has 0 aliphatic heterocycles. The van der Waals surface area contributed by atoms with Gasteiger partial charge in [0.05, 0.1) is 0 Å². The summed E-state index contributed by atoms with van der Waals surface area (Å²) in [5.74, 6) is 2.00. The quantitative estimate of drug-likeness (QED) is 0.792. The van der Waals surface area contributed by atoms with E-state index in [9.17, 15) is 0 Å². The molecule has 0 saturated carbocycles. The third-order valence-corrected chi connectivity index (χ3v) is 4.15. The van der Waals surface area contributed by atoms with E-state index in [2.05, 4.69) is 47.7 Å². The van der Waals surface area contributed by atoms with Gasteiger partial charge in [0.15, 0.2) is 0 Å². The predicted molar refractivity (Wildman–Crippen MR) is 87.5 cm³/mol. The second kappa shape index (κ2) is 7.61. The Labute approximate surface area is 130 Å². The Balaban J connectivity index is 2.06. The molecule has 0 spiro atoms. The molecule has 0 amide bonds. The number of likely N-dealkylation sites (N-methyl/N-ethyl adjacent to an activating group) is 1. The van der Waals surface area contributed by atoms with Crippen molar-refractivity contribution in [3.05, 3.63) is 30.2 Å². The number of hydrogen-bond donors (Lipinski definition) is 1. The van der Waals surface area contributed by atoms with Crippen LogP contribution in [0.5, 0.6) is 0 Å². The van der Waals surface area contributed by atoms with Crippen molar-refractivity contribution in [2.24, 2.45) is 5.92 Å². The van der Waals surface area contributed by atoms with Gasteiger partial charge in [-0.2, -0.15) is 4.98 Å². The molecule has 0 bridgehead atoms. The van der Waals surface area contributed by atoms with Crippen molar-refractivity contribution in [1.82, 2.24) is 15.5 Å². The zero-order chi connectivity index (χ0) is 15.2. The summed E-state index contributed by atoms with van der Waals surface area (Å²) in [5.41, 5.74) is 0.993. The van der Waals surface area contributed by atoms with Gasteiger partial charge in [0.2, 0.25) is 11.7 Å². The zero-order valence-corrected chi connectivity index (χ0v) is 13.9. The minimum atomic E-state index is 0.372. The van der Waals surface area contributed by atoms with Crippen LogP contribution in [0, 0.1) is 5.92 Å². The van der Waals surface area contributed by atoms with E-state index in [1.54, 1.807) is 11.8 Å². The van der Waals surface area contributed by atoms with E-state index >= 15 is 0 Å². The van der Waals surface area contributed by atoms with Crippen molar-refractivity contribution in [2.75, 3.05) is 13.3 Å². The van der Waals surface area contributed by atoms with Crippen LogP contribution in [-0.4, -0.2) is 29.5 Å². The maximum absolute atomic E-state index is 5.38. The van der Waals surface area contributed by atoms with Crippen molar-refractivity contribution in [3.8, 4) is 11.4 Å². The Hall–Kier alpha value is -1.33. The molecular formula is C16H23N3OS. The molecule has 0 radical (unpaired) electrons. The molecule has 0 aliphatic rings. The highest BCUT2D eigenvalue weighted by Crippen LogP contribution is 2.21. The molecule has 1 atom stereocenters. The lowest BCUT2D eigenvalue weighted by molar-refractivity contribution is 0.345. The third-order valence-electron chi connectivity index (χ3n) is 3.40. The number of thioether (sulfide) groups is 1. The zero-order valence-electron chi connectivity index (χ0n) is 13.1. The number of rotatable bonds is 7. The van der Waals surface area contributed by atoms with E-state index in [4.69, 9.17) is 4.52 Å². The standard InChI is InChI=1S/C16H23N3OS/c1-11(2)9-13(17-3)10-15-18-16(19-20-15)12-5-7-14(21-4)8-6-12/h5-8,11,13,17H,9-10H2,1-4H3. The molecule has 1 heterocycles. The maximum Gasteiger partial charge on any atom is 0.228 e. The summed E-state index contributed by atoms with van der Waals surface area (Å²) in [6.07, 6.45) is 3.93. The molecule has 2 aromatic rings. The number of nitrogens with zero attached hydrogens (tertiary/aromatic N) is 2. The van der Waals surface area contributed by atoms with Gasteiger partial charge in [0.25, 0.3) is 0 Å². The smallest absolute Gasteiger partial charge is 0.228 e. The fourth-order valence-electron chi connectivity index (χ4n) is 2.28. The summed E-state index contributed by atoms with van der Waals surface area (Å²) in [4.78, 5) is 5.74. The summed E-state index contributed by atoms with van der Waals surface area (Å²) in [5, 5.41) is 7.40. The third kappa shape index (κ3) is 4.58. The van der Waals surface area contributed by atoms with E-state index in [1.165, 1.54) is 4.90 Å². The van der Waals surface area contributed by atoms with Crippen molar-refractivity contribution >= 4 is 11.8 Å². The van der Waals surface area contributed by atoms with Crippen LogP contribution < -0.4 is 5.32 Å². The van der Waals surface area contributed by atoms with Crippen LogP contribution in [-0.2, 0) is 6.42 Å². The molecule has 1 N–H and O–H groups in total. The molecule has 5 heteroatoms. The number of hydrogen-bond acceptors (Lipinski definition) is 5. The van der Waals surface area contributed by atoms with Crippen molar-refractivity contribution in [2.45, 2.75) is 37.6 Å². The maximum atomic E-state index is 5.38. The molecule has 0 fully saturated rings. The lowest BCUT2D eigenvalue weighted by atomic mass is 10.0. The van der Waals surface area contributed by atoms with Crippen LogP contribution in [0.4, 0.5) is 0 Å². The van der Waals surface area contributed by atoms with Crippen LogP contribution in [0.25, 0.3) is 11.4 Å². The fraction of sp³-hybridized carbons (Fsp3) is 0.500. The van der Waals surface area contributed by atoms with Gasteiger partial charge in [-0.3, -0.25) is 0 Å². The average molecular weight is 305 g/mol. The number of aromatic nitrogens is 2. The second-order valence-electron chi connectivity index (χ2n) is 5.56. The SMILES string of the molecule is CNC(Cc1nc(-c2ccc(SC)cc2)no1)CC(C)C. The minimum Gasteiger partial charge on any atom is -0.339 e. The molecule has 1 unspecified atom stereocenters. The first-order valence-electron chi connectivity index (χ1n) is 7.26. The molecule has 4 nitrogen and oxygen atoms in total. The Bertz CT molecular complexity index is 551. The highest BCUT2D eigenvalue weighted by atomic mass is 32.2. The number of benzene rings is 1. The van der Waals surface area contributed by atoms with E-state index in [0.717, 1.165) is 18.4 Å². The predicted octanol–water partition coefficient (Wildman–Crippen LogP) is 3.64. The largest absolute Gasteiger partial charge is 0.339 e. The Morgan fingerprint density at radius 1 is 1.24 bits per heavy atom. The summed E-state index contributed by atoms with van der Waals surface area (Å²) >= 11 is 1.72. The Kier molecular flexibility index (Phi) is 5.82. The van der Waals surface area contributed by atoms with Crippen LogP contribution in [0.2, 0.25) is 0 Å². The monoisotopic (exact) mass is 305 g/mol. The summed E-state index contributed by atoms with van der Waals surface area (Å²) in [6.45, 7) is 4.44. The molecule has 0 aliphatic carbocycles. The van der Waals surface area contributed by atoms with Gasteiger partial charge >= 0.3 is 0 Å². The first-order valence-corrected chi connectivity index (χ1v) is 8.49. The molecule has 1 aromatic carbocycles. The topological polar surface area (TPSA) is 51.0 Å². The van der Waals surface area contributed by atoms with Crippen molar-refractivity contribution < 1.29 is 4.52 Å². The van der Waals surface area contributed by atoms with Crippen molar-refractivity contribution in [1.29, 1.82) is 0 Å². The minimum absolute atomic E-state index is 0.372. The van der Waals surface area contributed by atoms with Gasteiger partial charge in [-0.15, -0.1) is 11.8 Å². The van der Waals surface area contributed by atoms with Gasteiger partial charge in [-0.25, -0.2) is 0 Å². The Morgan fingerprint density at radius 3 is 2.52 bits per heavy atom. The molecule has 0 saturated heterocycles. The summed E-state index contributed by atoms with van der Waals surface area (Å²) in [7, 11) is 1.98. The van der Waals surface area contributed by atoms with Crippen LogP contribution in [0.3, 0.4) is 0 Å². The molecule has 114 valence electrons. The lowest BCUT2D eigenvalue weighted by Gasteiger charge is -2.15. The molecule has 1 aromatic heterocycles. The molecule has 2 rings (SSSR count). The van der Waals surface area contributed by atoms with Crippen LogP contribution >= 0.6 is 11.8 Å². The average Bonchev–Trinajstić information content (AvgIpc) is 2.94. The normalized spacial score (nSPS) is 12.8. The highest BCUT2D eigenvalue weighted by Gasteiger charge is 2.15. The summed E-state index contributed by atoms with van der Waals surface area (Å²) < 4.78 is 5.38. The van der Waals surface area contributed by atoms with Crippen molar-refractivity contribution in [3.63, 3.8) is 0 Å². The molecular weight excluding hydrogens is 282 g/mol. The van der Waals surface area contributed by atoms with Gasteiger partial charge in [0.1, 0.15) is 0 Å². The van der Waals surface area contributed by atoms with Gasteiger partial charge in [0, 0.05) is 22.9 Å². The second-order valence-corrected chi connectivity index (χ2v) is 6.44. The van der Waals surface area contributed by atoms with E-state index in [1.807, 2.05) is 19.2 Å². The Morgan fingerprint density at radius 2 is 1.95 bits per heavy atom. The lowest BCUT2D eigenvalue weighted by Crippen LogP contribution is -2.29. The highest BCUT2D eigenvalue weighted by molar-refractivity contribution is 7.98. The van der Waals surface area contributed by atoms with Gasteiger partial charge in [-0.05, 0) is 49.9 Å². The van der Waals surface area contributed by atoms with E-state index in [-0.39, 0.29) is 0 Å². The van der Waals surface area contributed by atoms with E-state index < -0.39 is 0 Å². The molecule has 21 heavy (non-hydrogen) atoms. The van der Waals surface area contributed by atoms with Gasteiger partial charge < -0.3 is 9.84 Å².